The minimum Gasteiger partial charge on any atom is -0.463 e. The Morgan fingerprint density at radius 1 is 1.10 bits per heavy atom. The van der Waals surface area contributed by atoms with Crippen LogP contribution in [0, 0.1) is 0 Å². The van der Waals surface area contributed by atoms with Crippen LogP contribution in [0.1, 0.15) is 62.5 Å². The molecule has 13 heteroatoms. The molecule has 0 aliphatic carbocycles. The second kappa shape index (κ2) is 16.7. The highest BCUT2D eigenvalue weighted by molar-refractivity contribution is 5.89. The molecular formula is C26H39F3N4O6. The fourth-order valence-electron chi connectivity index (χ4n) is 3.47. The normalized spacial score (nSPS) is 12.3. The van der Waals surface area contributed by atoms with Gasteiger partial charge in [0, 0.05) is 50.9 Å². The summed E-state index contributed by atoms with van der Waals surface area (Å²) in [5.41, 5.74) is 0.691. The van der Waals surface area contributed by atoms with Gasteiger partial charge < -0.3 is 24.6 Å². The van der Waals surface area contributed by atoms with E-state index >= 15 is 0 Å². The fourth-order valence-corrected chi connectivity index (χ4v) is 3.47. The van der Waals surface area contributed by atoms with Crippen molar-refractivity contribution in [1.82, 2.24) is 20.1 Å². The summed E-state index contributed by atoms with van der Waals surface area (Å²) in [7, 11) is 3.88. The first-order valence-corrected chi connectivity index (χ1v) is 12.9. The van der Waals surface area contributed by atoms with Gasteiger partial charge in [0.05, 0.1) is 18.1 Å². The number of amides is 2. The standard InChI is InChI=1S/C26H39F3N4O6/c1-6-33(15-14-32(4)5)22(34)9-7-8-20-16-19(10-12-30-20)24(36)39-21(17-23(35)38-18(2)3)11-13-31-25(37)26(27,28)29/h10,12,16,18,21H,6-9,11,13-15,17H2,1-5H3,(H,31,37). The predicted octanol–water partition coefficient (Wildman–Crippen LogP) is 2.75. The van der Waals surface area contributed by atoms with Gasteiger partial charge in [-0.3, -0.25) is 19.4 Å². The van der Waals surface area contributed by atoms with Crippen molar-refractivity contribution in [2.24, 2.45) is 0 Å². The molecular weight excluding hydrogens is 521 g/mol. The number of hydrogen-bond donors (Lipinski definition) is 1. The molecule has 220 valence electrons. The van der Waals surface area contributed by atoms with Gasteiger partial charge in [-0.15, -0.1) is 0 Å². The molecule has 0 fully saturated rings. The smallest absolute Gasteiger partial charge is 0.463 e. The third kappa shape index (κ3) is 13.9. The number of carbonyl (C=O) groups excluding carboxylic acids is 4. The van der Waals surface area contributed by atoms with Crippen molar-refractivity contribution in [1.29, 1.82) is 0 Å². The zero-order valence-corrected chi connectivity index (χ0v) is 23.2. The Morgan fingerprint density at radius 3 is 2.38 bits per heavy atom. The Hall–Kier alpha value is -3.22. The van der Waals surface area contributed by atoms with Crippen molar-refractivity contribution in [3.63, 3.8) is 0 Å². The highest BCUT2D eigenvalue weighted by atomic mass is 19.4. The summed E-state index contributed by atoms with van der Waals surface area (Å²) in [4.78, 5) is 56.4. The van der Waals surface area contributed by atoms with Crippen molar-refractivity contribution in [2.75, 3.05) is 40.3 Å². The van der Waals surface area contributed by atoms with E-state index < -0.39 is 49.2 Å². The largest absolute Gasteiger partial charge is 0.471 e. The van der Waals surface area contributed by atoms with E-state index in [-0.39, 0.29) is 17.9 Å². The Bertz CT molecular complexity index is 956. The third-order valence-corrected chi connectivity index (χ3v) is 5.47. The zero-order valence-electron chi connectivity index (χ0n) is 23.2. The summed E-state index contributed by atoms with van der Waals surface area (Å²) in [6.07, 6.45) is -4.56. The summed E-state index contributed by atoms with van der Waals surface area (Å²) >= 11 is 0. The number of nitrogens with zero attached hydrogens (tertiary/aromatic N) is 3. The first-order chi connectivity index (χ1) is 18.2. The number of aryl methyl sites for hydroxylation is 1. The average Bonchev–Trinajstić information content (AvgIpc) is 2.83. The Morgan fingerprint density at radius 2 is 1.79 bits per heavy atom. The maximum Gasteiger partial charge on any atom is 0.471 e. The highest BCUT2D eigenvalue weighted by Gasteiger charge is 2.38. The molecule has 1 aromatic rings. The molecule has 1 N–H and O–H groups in total. The van der Waals surface area contributed by atoms with Gasteiger partial charge >= 0.3 is 24.0 Å². The van der Waals surface area contributed by atoms with Crippen LogP contribution in [0.3, 0.4) is 0 Å². The molecule has 0 bridgehead atoms. The summed E-state index contributed by atoms with van der Waals surface area (Å²) in [5.74, 6) is -3.60. The number of alkyl halides is 3. The number of ether oxygens (including phenoxy) is 2. The van der Waals surface area contributed by atoms with Gasteiger partial charge in [0.1, 0.15) is 6.10 Å². The molecule has 39 heavy (non-hydrogen) atoms. The number of pyridine rings is 1. The topological polar surface area (TPSA) is 118 Å². The highest BCUT2D eigenvalue weighted by Crippen LogP contribution is 2.16. The van der Waals surface area contributed by atoms with E-state index in [1.54, 1.807) is 24.1 Å². The van der Waals surface area contributed by atoms with Crippen LogP contribution in [0.4, 0.5) is 13.2 Å². The lowest BCUT2D eigenvalue weighted by molar-refractivity contribution is -0.173. The van der Waals surface area contributed by atoms with Gasteiger partial charge in [-0.25, -0.2) is 4.79 Å². The van der Waals surface area contributed by atoms with Crippen LogP contribution in [-0.2, 0) is 30.3 Å². The third-order valence-electron chi connectivity index (χ3n) is 5.47. The molecule has 1 heterocycles. The molecule has 0 aliphatic heterocycles. The van der Waals surface area contributed by atoms with Crippen molar-refractivity contribution in [3.05, 3.63) is 29.6 Å². The number of likely N-dealkylation sites (N-methyl/N-ethyl adjacent to an activating group) is 2. The molecule has 1 aromatic heterocycles. The summed E-state index contributed by atoms with van der Waals surface area (Å²) in [6.45, 7) is 6.70. The Labute approximate surface area is 227 Å². The second-order valence-electron chi connectivity index (χ2n) is 9.48. The number of aromatic nitrogens is 1. The van der Waals surface area contributed by atoms with E-state index in [9.17, 15) is 32.3 Å². The maximum atomic E-state index is 12.8. The molecule has 0 saturated heterocycles. The van der Waals surface area contributed by atoms with E-state index in [1.165, 1.54) is 18.3 Å². The lowest BCUT2D eigenvalue weighted by atomic mass is 10.1. The minimum atomic E-state index is -5.05. The molecule has 1 rings (SSSR count). The van der Waals surface area contributed by atoms with Gasteiger partial charge in [0.2, 0.25) is 5.91 Å². The molecule has 0 aliphatic rings. The van der Waals surface area contributed by atoms with Gasteiger partial charge in [-0.1, -0.05) is 0 Å². The van der Waals surface area contributed by atoms with Gasteiger partial charge in [0.25, 0.3) is 0 Å². The number of esters is 2. The van der Waals surface area contributed by atoms with Crippen molar-refractivity contribution in [3.8, 4) is 0 Å². The van der Waals surface area contributed by atoms with E-state index in [2.05, 4.69) is 4.98 Å². The second-order valence-corrected chi connectivity index (χ2v) is 9.48. The maximum absolute atomic E-state index is 12.8. The van der Waals surface area contributed by atoms with Crippen LogP contribution >= 0.6 is 0 Å². The SMILES string of the molecule is CCN(CCN(C)C)C(=O)CCCc1cc(C(=O)OC(CCNC(=O)C(F)(F)F)CC(=O)OC(C)C)ccn1. The van der Waals surface area contributed by atoms with Crippen molar-refractivity contribution in [2.45, 2.75) is 71.3 Å². The van der Waals surface area contributed by atoms with E-state index in [1.807, 2.05) is 25.9 Å². The Kier molecular flexibility index (Phi) is 14.5. The first kappa shape index (κ1) is 33.8. The Balaban J connectivity index is 2.76. The monoisotopic (exact) mass is 560 g/mol. The van der Waals surface area contributed by atoms with Crippen molar-refractivity contribution < 1.29 is 41.8 Å². The molecule has 10 nitrogen and oxygen atoms in total. The summed E-state index contributed by atoms with van der Waals surface area (Å²) < 4.78 is 47.8. The summed E-state index contributed by atoms with van der Waals surface area (Å²) in [6, 6.07) is 2.91. The number of nitrogens with one attached hydrogen (secondary N) is 1. The van der Waals surface area contributed by atoms with Crippen LogP contribution in [0.2, 0.25) is 0 Å². The molecule has 0 spiro atoms. The summed E-state index contributed by atoms with van der Waals surface area (Å²) in [5, 5.41) is 1.70. The molecule has 0 aromatic carbocycles. The van der Waals surface area contributed by atoms with Crippen LogP contribution in [-0.4, -0.2) is 97.2 Å². The first-order valence-electron chi connectivity index (χ1n) is 12.9. The zero-order chi connectivity index (χ0) is 29.6. The predicted molar refractivity (Wildman–Crippen MR) is 137 cm³/mol. The number of carbonyl (C=O) groups is 4. The molecule has 1 atom stereocenters. The number of rotatable bonds is 16. The minimum absolute atomic E-state index is 0.0312. The lowest BCUT2D eigenvalue weighted by Gasteiger charge is -2.22. The van der Waals surface area contributed by atoms with Crippen LogP contribution in [0.15, 0.2) is 18.3 Å². The molecule has 2 amide bonds. The lowest BCUT2D eigenvalue weighted by Crippen LogP contribution is -2.38. The van der Waals surface area contributed by atoms with Crippen molar-refractivity contribution >= 4 is 23.8 Å². The average molecular weight is 561 g/mol. The van der Waals surface area contributed by atoms with Crippen LogP contribution in [0.5, 0.6) is 0 Å². The number of halogens is 3. The van der Waals surface area contributed by atoms with Crippen LogP contribution in [0.25, 0.3) is 0 Å². The van der Waals surface area contributed by atoms with Gasteiger partial charge in [-0.05, 0) is 59.8 Å². The molecule has 0 radical (unpaired) electrons. The quantitative estimate of drug-likeness (QED) is 0.307. The molecule has 0 saturated carbocycles. The molecule has 1 unspecified atom stereocenters. The van der Waals surface area contributed by atoms with Gasteiger partial charge in [-0.2, -0.15) is 13.2 Å². The van der Waals surface area contributed by atoms with E-state index in [0.29, 0.717) is 38.0 Å². The van der Waals surface area contributed by atoms with E-state index in [4.69, 9.17) is 9.47 Å². The van der Waals surface area contributed by atoms with Crippen LogP contribution < -0.4 is 5.32 Å². The van der Waals surface area contributed by atoms with E-state index in [0.717, 1.165) is 6.54 Å². The fraction of sp³-hybridized carbons (Fsp3) is 0.654. The number of hydrogen-bond acceptors (Lipinski definition) is 8. The van der Waals surface area contributed by atoms with Gasteiger partial charge in [0.15, 0.2) is 0 Å².